The first-order valence-electron chi connectivity index (χ1n) is 9.27. The Kier molecular flexibility index (Phi) is 4.74. The van der Waals surface area contributed by atoms with E-state index < -0.39 is 23.4 Å². The van der Waals surface area contributed by atoms with E-state index in [1.807, 2.05) is 6.92 Å². The van der Waals surface area contributed by atoms with Crippen molar-refractivity contribution in [2.24, 2.45) is 5.73 Å². The summed E-state index contributed by atoms with van der Waals surface area (Å²) in [4.78, 5) is 26.5. The highest BCUT2D eigenvalue weighted by Crippen LogP contribution is 2.33. The first-order valence-corrected chi connectivity index (χ1v) is 9.65. The van der Waals surface area contributed by atoms with Crippen LogP contribution >= 0.6 is 11.6 Å². The lowest BCUT2D eigenvalue weighted by Crippen LogP contribution is -2.60. The summed E-state index contributed by atoms with van der Waals surface area (Å²) < 4.78 is 15.2. The van der Waals surface area contributed by atoms with Crippen LogP contribution in [0.5, 0.6) is 0 Å². The number of fused-ring (bicyclic) bond motifs is 1. The zero-order valence-corrected chi connectivity index (χ0v) is 16.5. The molecule has 0 radical (unpaired) electrons. The number of aromatic nitrogens is 2. The van der Waals surface area contributed by atoms with Crippen LogP contribution in [0.3, 0.4) is 0 Å². The second kappa shape index (κ2) is 7.00. The topological polar surface area (TPSA) is 113 Å². The molecule has 0 bridgehead atoms. The van der Waals surface area contributed by atoms with Crippen molar-refractivity contribution < 1.29 is 19.1 Å². The molecular weight excluding hydrogens is 401 g/mol. The lowest BCUT2D eigenvalue weighted by molar-refractivity contribution is 0.0146. The van der Waals surface area contributed by atoms with E-state index in [4.69, 9.17) is 17.3 Å². The maximum absolute atomic E-state index is 13.5. The quantitative estimate of drug-likeness (QED) is 0.702. The molecule has 4 rings (SSSR count). The Morgan fingerprint density at radius 3 is 2.72 bits per heavy atom. The van der Waals surface area contributed by atoms with E-state index in [9.17, 15) is 19.1 Å². The molecule has 0 unspecified atom stereocenters. The highest BCUT2D eigenvalue weighted by atomic mass is 35.5. The molecule has 1 aliphatic heterocycles. The highest BCUT2D eigenvalue weighted by Gasteiger charge is 2.41. The van der Waals surface area contributed by atoms with Gasteiger partial charge in [-0.3, -0.25) is 9.48 Å². The lowest BCUT2D eigenvalue weighted by Gasteiger charge is -2.44. The number of halogens is 2. The number of aliphatic hydroxyl groups is 1. The van der Waals surface area contributed by atoms with E-state index in [0.29, 0.717) is 42.9 Å². The summed E-state index contributed by atoms with van der Waals surface area (Å²) >= 11 is 5.87. The molecule has 1 fully saturated rings. The Morgan fingerprint density at radius 2 is 2.10 bits per heavy atom. The van der Waals surface area contributed by atoms with Crippen LogP contribution in [0, 0.1) is 5.82 Å². The summed E-state index contributed by atoms with van der Waals surface area (Å²) in [5, 5.41) is 16.8. The molecule has 2 aromatic rings. The smallest absolute Gasteiger partial charge is 0.318 e. The van der Waals surface area contributed by atoms with Gasteiger partial charge in [0.15, 0.2) is 0 Å². The van der Waals surface area contributed by atoms with Crippen LogP contribution in [0.2, 0.25) is 5.02 Å². The van der Waals surface area contributed by atoms with Gasteiger partial charge in [-0.15, -0.1) is 0 Å². The van der Waals surface area contributed by atoms with Gasteiger partial charge in [-0.05, 0) is 38.0 Å². The number of benzene rings is 1. The fraction of sp³-hybridized carbons (Fsp3) is 0.421. The molecule has 8 nitrogen and oxygen atoms in total. The van der Waals surface area contributed by atoms with Gasteiger partial charge in [0.25, 0.3) is 5.91 Å². The number of nitrogens with one attached hydrogen (secondary N) is 1. The number of hydrogen-bond donors (Lipinski definition) is 3. The van der Waals surface area contributed by atoms with E-state index in [1.165, 1.54) is 18.2 Å². The van der Waals surface area contributed by atoms with Gasteiger partial charge in [-0.2, -0.15) is 5.10 Å². The highest BCUT2D eigenvalue weighted by molar-refractivity contribution is 6.31. The van der Waals surface area contributed by atoms with Gasteiger partial charge in [0.2, 0.25) is 0 Å². The first-order chi connectivity index (χ1) is 13.7. The van der Waals surface area contributed by atoms with Crippen LogP contribution in [0.15, 0.2) is 18.2 Å². The average molecular weight is 422 g/mol. The Labute approximate surface area is 171 Å². The van der Waals surface area contributed by atoms with Crippen LogP contribution in [0.4, 0.5) is 9.18 Å². The first kappa shape index (κ1) is 19.7. The molecule has 2 heterocycles. The molecule has 1 aromatic heterocycles. The van der Waals surface area contributed by atoms with Gasteiger partial charge < -0.3 is 21.1 Å². The van der Waals surface area contributed by atoms with Gasteiger partial charge >= 0.3 is 6.03 Å². The summed E-state index contributed by atoms with van der Waals surface area (Å²) in [6.45, 7) is 2.83. The number of urea groups is 1. The molecule has 2 aliphatic rings. The third-order valence-electron chi connectivity index (χ3n) is 5.49. The van der Waals surface area contributed by atoms with Gasteiger partial charge in [0.1, 0.15) is 11.5 Å². The largest absolute Gasteiger partial charge is 0.393 e. The van der Waals surface area contributed by atoms with Gasteiger partial charge in [0, 0.05) is 17.6 Å². The van der Waals surface area contributed by atoms with Crippen LogP contribution in [-0.2, 0) is 13.1 Å². The third-order valence-corrected chi connectivity index (χ3v) is 5.78. The predicted molar refractivity (Wildman–Crippen MR) is 104 cm³/mol. The number of carbonyl (C=O) groups excluding carboxylic acids is 2. The fourth-order valence-corrected chi connectivity index (χ4v) is 4.20. The molecular formula is C19H21ClFN5O3. The zero-order valence-electron chi connectivity index (χ0n) is 15.8. The summed E-state index contributed by atoms with van der Waals surface area (Å²) in [7, 11) is 0. The molecule has 0 atom stereocenters. The number of aliphatic hydroxyl groups excluding tert-OH is 1. The molecule has 0 saturated heterocycles. The van der Waals surface area contributed by atoms with Crippen molar-refractivity contribution in [3.05, 3.63) is 40.3 Å². The summed E-state index contributed by atoms with van der Waals surface area (Å²) in [5.41, 5.74) is 6.67. The van der Waals surface area contributed by atoms with Crippen molar-refractivity contribution in [3.8, 4) is 11.3 Å². The lowest BCUT2D eigenvalue weighted by atomic mass is 9.76. The van der Waals surface area contributed by atoms with Gasteiger partial charge in [-0.25, -0.2) is 9.18 Å². The molecule has 0 spiro atoms. The van der Waals surface area contributed by atoms with Crippen LogP contribution in [0.1, 0.15) is 35.8 Å². The van der Waals surface area contributed by atoms with Gasteiger partial charge in [-0.1, -0.05) is 11.6 Å². The van der Waals surface area contributed by atoms with Crippen LogP contribution in [-0.4, -0.2) is 49.9 Å². The summed E-state index contributed by atoms with van der Waals surface area (Å²) in [6, 6.07) is 3.81. The van der Waals surface area contributed by atoms with Crippen LogP contribution in [0.25, 0.3) is 11.3 Å². The Balaban J connectivity index is 1.62. The maximum atomic E-state index is 13.5. The number of rotatable bonds is 3. The monoisotopic (exact) mass is 421 g/mol. The van der Waals surface area contributed by atoms with Crippen molar-refractivity contribution in [3.63, 3.8) is 0 Å². The molecule has 4 N–H and O–H groups in total. The van der Waals surface area contributed by atoms with Crippen molar-refractivity contribution in [1.29, 1.82) is 0 Å². The van der Waals surface area contributed by atoms with Crippen molar-refractivity contribution in [1.82, 2.24) is 20.0 Å². The minimum Gasteiger partial charge on any atom is -0.393 e. The van der Waals surface area contributed by atoms with Gasteiger partial charge in [0.05, 0.1) is 35.5 Å². The van der Waals surface area contributed by atoms with Crippen molar-refractivity contribution >= 4 is 23.5 Å². The normalized spacial score (nSPS) is 23.3. The SMILES string of the molecule is CC1(NC(=O)N2CCn3nc(-c4ccc(F)c(Cl)c4)c(C(N)=O)c3C2)CC(O)C1. The Bertz CT molecular complexity index is 1000. The molecule has 29 heavy (non-hydrogen) atoms. The van der Waals surface area contributed by atoms with E-state index in [1.54, 1.807) is 9.58 Å². The fourth-order valence-electron chi connectivity index (χ4n) is 4.02. The predicted octanol–water partition coefficient (Wildman–Crippen LogP) is 1.88. The maximum Gasteiger partial charge on any atom is 0.318 e. The molecule has 1 aliphatic carbocycles. The second-order valence-electron chi connectivity index (χ2n) is 7.86. The molecule has 10 heteroatoms. The molecule has 154 valence electrons. The summed E-state index contributed by atoms with van der Waals surface area (Å²) in [6.07, 6.45) is 0.619. The van der Waals surface area contributed by atoms with Crippen LogP contribution < -0.4 is 11.1 Å². The van der Waals surface area contributed by atoms with E-state index in [2.05, 4.69) is 10.4 Å². The van der Waals surface area contributed by atoms with E-state index in [-0.39, 0.29) is 23.2 Å². The number of hydrogen-bond acceptors (Lipinski definition) is 4. The molecule has 1 aromatic carbocycles. The minimum absolute atomic E-state index is 0.0826. The number of nitrogens with zero attached hydrogens (tertiary/aromatic N) is 3. The minimum atomic E-state index is -0.682. The zero-order chi connectivity index (χ0) is 20.9. The standard InChI is InChI=1S/C19H21ClFN5O3/c1-19(7-11(27)8-19)23-18(29)25-4-5-26-14(9-25)15(17(22)28)16(24-26)10-2-3-13(21)12(20)6-10/h2-3,6,11,27H,4-5,7-9H2,1H3,(H2,22,28)(H,23,29). The number of amides is 3. The van der Waals surface area contributed by atoms with E-state index in [0.717, 1.165) is 0 Å². The number of nitrogens with two attached hydrogens (primary N) is 1. The Morgan fingerprint density at radius 1 is 1.38 bits per heavy atom. The van der Waals surface area contributed by atoms with Crippen molar-refractivity contribution in [2.75, 3.05) is 6.54 Å². The summed E-state index contributed by atoms with van der Waals surface area (Å²) in [5.74, 6) is -1.25. The number of primary amides is 1. The average Bonchev–Trinajstić information content (AvgIpc) is 3.01. The Hall–Kier alpha value is -2.65. The second-order valence-corrected chi connectivity index (χ2v) is 8.27. The molecule has 3 amide bonds. The third kappa shape index (κ3) is 3.56. The molecule has 1 saturated carbocycles. The van der Waals surface area contributed by atoms with Crippen molar-refractivity contribution in [2.45, 2.75) is 44.5 Å². The number of carbonyl (C=O) groups is 2. The van der Waals surface area contributed by atoms with E-state index >= 15 is 0 Å².